The molecule has 0 bridgehead atoms. The van der Waals surface area contributed by atoms with Crippen LogP contribution >= 0.6 is 0 Å². The van der Waals surface area contributed by atoms with Crippen LogP contribution in [0.1, 0.15) is 12.0 Å². The summed E-state index contributed by atoms with van der Waals surface area (Å²) in [7, 11) is -1.60. The predicted octanol–water partition coefficient (Wildman–Crippen LogP) is 0.962. The van der Waals surface area contributed by atoms with Gasteiger partial charge in [0.2, 0.25) is 5.91 Å². The zero-order chi connectivity index (χ0) is 13.8. The molecule has 0 aliphatic heterocycles. The molecule has 6 heteroatoms. The number of sulfone groups is 1. The fourth-order valence-corrected chi connectivity index (χ4v) is 2.04. The van der Waals surface area contributed by atoms with Crippen molar-refractivity contribution in [3.8, 4) is 6.07 Å². The minimum absolute atomic E-state index is 0.155. The molecule has 0 spiro atoms. The SMILES string of the molecule is CN(Cc1ccc(S(C)(=O)=O)cc1)C(=O)CC#N. The van der Waals surface area contributed by atoms with Gasteiger partial charge in [-0.2, -0.15) is 5.26 Å². The van der Waals surface area contributed by atoms with Gasteiger partial charge in [-0.25, -0.2) is 8.42 Å². The number of hydrogen-bond donors (Lipinski definition) is 0. The Morgan fingerprint density at radius 1 is 1.33 bits per heavy atom. The Labute approximate surface area is 107 Å². The van der Waals surface area contributed by atoms with E-state index in [9.17, 15) is 13.2 Å². The van der Waals surface area contributed by atoms with Crippen molar-refractivity contribution in [2.75, 3.05) is 13.3 Å². The van der Waals surface area contributed by atoms with Crippen molar-refractivity contribution < 1.29 is 13.2 Å². The molecule has 0 heterocycles. The van der Waals surface area contributed by atoms with E-state index < -0.39 is 9.84 Å². The van der Waals surface area contributed by atoms with E-state index in [1.165, 1.54) is 17.0 Å². The summed E-state index contributed by atoms with van der Waals surface area (Å²) in [6, 6.07) is 8.13. The largest absolute Gasteiger partial charge is 0.341 e. The van der Waals surface area contributed by atoms with Gasteiger partial charge in [0.1, 0.15) is 6.42 Å². The van der Waals surface area contributed by atoms with E-state index in [0.717, 1.165) is 11.8 Å². The lowest BCUT2D eigenvalue weighted by atomic mass is 10.2. The van der Waals surface area contributed by atoms with Gasteiger partial charge in [-0.05, 0) is 17.7 Å². The summed E-state index contributed by atoms with van der Waals surface area (Å²) in [4.78, 5) is 13.1. The maximum absolute atomic E-state index is 11.4. The first-order valence-electron chi connectivity index (χ1n) is 5.24. The average molecular weight is 266 g/mol. The summed E-state index contributed by atoms with van der Waals surface area (Å²) in [5.41, 5.74) is 0.816. The minimum Gasteiger partial charge on any atom is -0.341 e. The highest BCUT2D eigenvalue weighted by atomic mass is 32.2. The monoisotopic (exact) mass is 266 g/mol. The Bertz CT molecular complexity index is 570. The molecule has 0 saturated carbocycles. The topological polar surface area (TPSA) is 78.2 Å². The van der Waals surface area contributed by atoms with Gasteiger partial charge in [0, 0.05) is 19.8 Å². The van der Waals surface area contributed by atoms with Gasteiger partial charge in [0.15, 0.2) is 9.84 Å². The van der Waals surface area contributed by atoms with E-state index >= 15 is 0 Å². The van der Waals surface area contributed by atoms with Crippen LogP contribution in [-0.4, -0.2) is 32.5 Å². The Morgan fingerprint density at radius 3 is 2.33 bits per heavy atom. The van der Waals surface area contributed by atoms with Crippen molar-refractivity contribution in [3.05, 3.63) is 29.8 Å². The maximum atomic E-state index is 11.4. The number of nitrogens with zero attached hydrogens (tertiary/aromatic N) is 2. The van der Waals surface area contributed by atoms with Crippen LogP contribution in [0.5, 0.6) is 0 Å². The average Bonchev–Trinajstić information content (AvgIpc) is 2.28. The second-order valence-electron chi connectivity index (χ2n) is 4.00. The molecule has 1 amide bonds. The second kappa shape index (κ2) is 5.65. The highest BCUT2D eigenvalue weighted by Gasteiger charge is 2.10. The van der Waals surface area contributed by atoms with Gasteiger partial charge in [-0.15, -0.1) is 0 Å². The molecular weight excluding hydrogens is 252 g/mol. The number of carbonyl (C=O) groups excluding carboxylic acids is 1. The van der Waals surface area contributed by atoms with Crippen molar-refractivity contribution in [1.82, 2.24) is 4.90 Å². The summed E-state index contributed by atoms with van der Waals surface area (Å²) in [5.74, 6) is -0.260. The molecule has 0 atom stereocenters. The van der Waals surface area contributed by atoms with Gasteiger partial charge >= 0.3 is 0 Å². The number of amides is 1. The van der Waals surface area contributed by atoms with Gasteiger partial charge < -0.3 is 4.90 Å². The third-order valence-electron chi connectivity index (χ3n) is 2.43. The molecule has 0 saturated heterocycles. The van der Waals surface area contributed by atoms with Crippen molar-refractivity contribution in [3.63, 3.8) is 0 Å². The summed E-state index contributed by atoms with van der Waals surface area (Å²) in [6.07, 6.45) is 0.989. The normalized spacial score (nSPS) is 10.7. The highest BCUT2D eigenvalue weighted by Crippen LogP contribution is 2.11. The molecular formula is C12H14N2O3S. The smallest absolute Gasteiger partial charge is 0.236 e. The zero-order valence-electron chi connectivity index (χ0n) is 10.3. The van der Waals surface area contributed by atoms with E-state index in [0.29, 0.717) is 6.54 Å². The fourth-order valence-electron chi connectivity index (χ4n) is 1.41. The molecule has 1 aromatic carbocycles. The van der Waals surface area contributed by atoms with E-state index in [-0.39, 0.29) is 17.2 Å². The van der Waals surface area contributed by atoms with E-state index in [4.69, 9.17) is 5.26 Å². The van der Waals surface area contributed by atoms with Gasteiger partial charge in [-0.1, -0.05) is 12.1 Å². The standard InChI is InChI=1S/C12H14N2O3S/c1-14(12(15)7-8-13)9-10-3-5-11(6-4-10)18(2,16)17/h3-6H,7,9H2,1-2H3. The first kappa shape index (κ1) is 14.2. The van der Waals surface area contributed by atoms with Crippen LogP contribution in [0.3, 0.4) is 0 Å². The van der Waals surface area contributed by atoms with E-state index in [1.54, 1.807) is 25.2 Å². The molecule has 0 aliphatic rings. The third kappa shape index (κ3) is 3.86. The molecule has 0 radical (unpaired) electrons. The summed E-state index contributed by atoms with van der Waals surface area (Å²) < 4.78 is 22.5. The lowest BCUT2D eigenvalue weighted by Crippen LogP contribution is -2.25. The van der Waals surface area contributed by atoms with Crippen molar-refractivity contribution in [1.29, 1.82) is 5.26 Å². The molecule has 18 heavy (non-hydrogen) atoms. The maximum Gasteiger partial charge on any atom is 0.236 e. The number of rotatable bonds is 4. The zero-order valence-corrected chi connectivity index (χ0v) is 11.1. The Balaban J connectivity index is 2.76. The van der Waals surface area contributed by atoms with Crippen LogP contribution in [0, 0.1) is 11.3 Å². The lowest BCUT2D eigenvalue weighted by Gasteiger charge is -2.15. The van der Waals surface area contributed by atoms with Crippen molar-refractivity contribution in [2.45, 2.75) is 17.9 Å². The number of carbonyl (C=O) groups is 1. The third-order valence-corrected chi connectivity index (χ3v) is 3.56. The van der Waals surface area contributed by atoms with Crippen LogP contribution in [-0.2, 0) is 21.2 Å². The lowest BCUT2D eigenvalue weighted by molar-refractivity contribution is -0.129. The Kier molecular flexibility index (Phi) is 4.45. The number of nitriles is 1. The van der Waals surface area contributed by atoms with Crippen LogP contribution in [0.2, 0.25) is 0 Å². The van der Waals surface area contributed by atoms with Crippen LogP contribution in [0.4, 0.5) is 0 Å². The summed E-state index contributed by atoms with van der Waals surface area (Å²) in [5, 5.41) is 8.41. The van der Waals surface area contributed by atoms with Gasteiger partial charge in [-0.3, -0.25) is 4.79 Å². The summed E-state index contributed by atoms with van der Waals surface area (Å²) in [6.45, 7) is 0.352. The Hall–Kier alpha value is -1.87. The van der Waals surface area contributed by atoms with E-state index in [1.807, 2.05) is 0 Å². The molecule has 5 nitrogen and oxygen atoms in total. The molecule has 0 aromatic heterocycles. The number of hydrogen-bond acceptors (Lipinski definition) is 4. The van der Waals surface area contributed by atoms with Gasteiger partial charge in [0.25, 0.3) is 0 Å². The molecule has 1 rings (SSSR count). The molecule has 0 aliphatic carbocycles. The second-order valence-corrected chi connectivity index (χ2v) is 6.02. The van der Waals surface area contributed by atoms with Gasteiger partial charge in [0.05, 0.1) is 11.0 Å². The molecule has 1 aromatic rings. The predicted molar refractivity (Wildman–Crippen MR) is 66.3 cm³/mol. The molecule has 0 fully saturated rings. The fraction of sp³-hybridized carbons (Fsp3) is 0.333. The first-order chi connectivity index (χ1) is 8.34. The minimum atomic E-state index is -3.20. The van der Waals surface area contributed by atoms with Crippen molar-refractivity contribution in [2.24, 2.45) is 0 Å². The molecule has 0 unspecified atom stereocenters. The molecule has 0 N–H and O–H groups in total. The van der Waals surface area contributed by atoms with Crippen LogP contribution < -0.4 is 0 Å². The molecule has 96 valence electrons. The van der Waals surface area contributed by atoms with Crippen LogP contribution in [0.15, 0.2) is 29.2 Å². The quantitative estimate of drug-likeness (QED) is 0.813. The highest BCUT2D eigenvalue weighted by molar-refractivity contribution is 7.90. The van der Waals surface area contributed by atoms with E-state index in [2.05, 4.69) is 0 Å². The Morgan fingerprint density at radius 2 is 1.89 bits per heavy atom. The number of benzene rings is 1. The van der Waals surface area contributed by atoms with Crippen molar-refractivity contribution >= 4 is 15.7 Å². The van der Waals surface area contributed by atoms with Crippen LogP contribution in [0.25, 0.3) is 0 Å². The summed E-state index contributed by atoms with van der Waals surface area (Å²) >= 11 is 0. The first-order valence-corrected chi connectivity index (χ1v) is 7.13.